The van der Waals surface area contributed by atoms with Crippen LogP contribution in [0.2, 0.25) is 0 Å². The monoisotopic (exact) mass is 214 g/mol. The zero-order valence-electron chi connectivity index (χ0n) is 9.54. The first-order chi connectivity index (χ1) is 7.25. The second kappa shape index (κ2) is 6.80. The van der Waals surface area contributed by atoms with Gasteiger partial charge in [0.05, 0.1) is 0 Å². The summed E-state index contributed by atoms with van der Waals surface area (Å²) in [5.41, 5.74) is 0. The summed E-state index contributed by atoms with van der Waals surface area (Å²) >= 11 is 0. The molecule has 1 saturated heterocycles. The molecule has 0 aliphatic carbocycles. The fourth-order valence-electron chi connectivity index (χ4n) is 2.04. The highest BCUT2D eigenvalue weighted by molar-refractivity contribution is 5.73. The van der Waals surface area contributed by atoms with E-state index in [1.807, 2.05) is 0 Å². The van der Waals surface area contributed by atoms with Crippen LogP contribution in [0.25, 0.3) is 0 Å². The van der Waals surface area contributed by atoms with Crippen LogP contribution in [-0.2, 0) is 4.79 Å². The van der Waals surface area contributed by atoms with E-state index in [0.29, 0.717) is 0 Å². The van der Waals surface area contributed by atoms with E-state index >= 15 is 0 Å². The second-order valence-corrected chi connectivity index (χ2v) is 4.14. The maximum absolute atomic E-state index is 11.2. The molecule has 0 spiro atoms. The van der Waals surface area contributed by atoms with Crippen molar-refractivity contribution in [1.82, 2.24) is 10.2 Å². The lowest BCUT2D eigenvalue weighted by atomic mass is 10.1. The fraction of sp³-hybridized carbons (Fsp3) is 0.909. The number of hydrogen-bond donors (Lipinski definition) is 2. The molecule has 1 rings (SSSR count). The first-order valence-corrected chi connectivity index (χ1v) is 5.93. The number of nitrogens with zero attached hydrogens (tertiary/aromatic N) is 1. The molecular weight excluding hydrogens is 192 g/mol. The van der Waals surface area contributed by atoms with Gasteiger partial charge >= 0.3 is 5.97 Å². The predicted octanol–water partition coefficient (Wildman–Crippen LogP) is 0.925. The molecule has 0 bridgehead atoms. The minimum Gasteiger partial charge on any atom is -0.480 e. The summed E-state index contributed by atoms with van der Waals surface area (Å²) < 4.78 is 0. The van der Waals surface area contributed by atoms with Crippen molar-refractivity contribution >= 4 is 5.97 Å². The van der Waals surface area contributed by atoms with E-state index in [1.165, 1.54) is 0 Å². The summed E-state index contributed by atoms with van der Waals surface area (Å²) in [6, 6.07) is -0.273. The molecule has 0 aromatic heterocycles. The van der Waals surface area contributed by atoms with Gasteiger partial charge in [-0.05, 0) is 19.4 Å². The van der Waals surface area contributed by atoms with E-state index in [0.717, 1.165) is 51.9 Å². The predicted molar refractivity (Wildman–Crippen MR) is 60.0 cm³/mol. The van der Waals surface area contributed by atoms with Gasteiger partial charge in [0.15, 0.2) is 0 Å². The van der Waals surface area contributed by atoms with Crippen LogP contribution in [-0.4, -0.2) is 48.2 Å². The second-order valence-electron chi connectivity index (χ2n) is 4.14. The van der Waals surface area contributed by atoms with Gasteiger partial charge in [-0.2, -0.15) is 0 Å². The molecule has 0 aromatic rings. The summed E-state index contributed by atoms with van der Waals surface area (Å²) in [5, 5.41) is 12.5. The normalized spacial score (nSPS) is 20.9. The summed E-state index contributed by atoms with van der Waals surface area (Å²) in [6.07, 6.45) is 3.90. The molecule has 15 heavy (non-hydrogen) atoms. The molecule has 1 heterocycles. The number of carboxylic acids is 1. The Bertz CT molecular complexity index is 189. The zero-order chi connectivity index (χ0) is 11.1. The lowest BCUT2D eigenvalue weighted by Crippen LogP contribution is -2.43. The summed E-state index contributed by atoms with van der Waals surface area (Å²) in [6.45, 7) is 5.80. The first-order valence-electron chi connectivity index (χ1n) is 5.93. The average molecular weight is 214 g/mol. The van der Waals surface area contributed by atoms with Crippen LogP contribution in [0.3, 0.4) is 0 Å². The molecule has 1 unspecified atom stereocenters. The molecule has 4 nitrogen and oxygen atoms in total. The van der Waals surface area contributed by atoms with Gasteiger partial charge < -0.3 is 10.4 Å². The Labute approximate surface area is 91.6 Å². The molecule has 1 aliphatic rings. The van der Waals surface area contributed by atoms with Crippen molar-refractivity contribution in [2.75, 3.05) is 26.2 Å². The Morgan fingerprint density at radius 1 is 1.47 bits per heavy atom. The lowest BCUT2D eigenvalue weighted by Gasteiger charge is -2.26. The average Bonchev–Trinajstić information content (AvgIpc) is 2.47. The van der Waals surface area contributed by atoms with Crippen LogP contribution in [0.4, 0.5) is 0 Å². The first kappa shape index (κ1) is 12.5. The summed E-state index contributed by atoms with van der Waals surface area (Å²) in [5.74, 6) is -0.662. The van der Waals surface area contributed by atoms with E-state index < -0.39 is 5.97 Å². The molecule has 0 saturated carbocycles. The van der Waals surface area contributed by atoms with Crippen molar-refractivity contribution in [2.45, 2.75) is 38.6 Å². The van der Waals surface area contributed by atoms with Gasteiger partial charge in [-0.3, -0.25) is 9.69 Å². The minimum absolute atomic E-state index is 0.273. The quantitative estimate of drug-likeness (QED) is 0.714. The van der Waals surface area contributed by atoms with Crippen LogP contribution in [0.5, 0.6) is 0 Å². The highest BCUT2D eigenvalue weighted by atomic mass is 16.4. The van der Waals surface area contributed by atoms with Gasteiger partial charge in [-0.25, -0.2) is 0 Å². The highest BCUT2D eigenvalue weighted by Gasteiger charge is 2.24. The number of nitrogens with one attached hydrogen (secondary N) is 1. The third kappa shape index (κ3) is 4.18. The topological polar surface area (TPSA) is 52.6 Å². The fourth-order valence-corrected chi connectivity index (χ4v) is 2.04. The molecule has 2 N–H and O–H groups in total. The third-order valence-electron chi connectivity index (χ3n) is 2.93. The highest BCUT2D eigenvalue weighted by Crippen LogP contribution is 2.10. The van der Waals surface area contributed by atoms with E-state index in [9.17, 15) is 9.90 Å². The van der Waals surface area contributed by atoms with Gasteiger partial charge in [-0.15, -0.1) is 0 Å². The molecule has 1 aliphatic heterocycles. The van der Waals surface area contributed by atoms with Gasteiger partial charge in [0.2, 0.25) is 0 Å². The van der Waals surface area contributed by atoms with Crippen molar-refractivity contribution in [3.8, 4) is 0 Å². The molecule has 88 valence electrons. The largest absolute Gasteiger partial charge is 0.480 e. The Hall–Kier alpha value is -0.610. The van der Waals surface area contributed by atoms with E-state index in [2.05, 4.69) is 17.1 Å². The Morgan fingerprint density at radius 3 is 2.93 bits per heavy atom. The minimum atomic E-state index is -0.662. The van der Waals surface area contributed by atoms with E-state index in [1.54, 1.807) is 0 Å². The molecular formula is C11H22N2O2. The number of hydrogen-bond acceptors (Lipinski definition) is 3. The Balaban J connectivity index is 2.48. The Morgan fingerprint density at radius 2 is 2.27 bits per heavy atom. The van der Waals surface area contributed by atoms with Gasteiger partial charge in [0.1, 0.15) is 6.04 Å². The lowest BCUT2D eigenvalue weighted by molar-refractivity contribution is -0.143. The number of carbonyl (C=O) groups is 1. The zero-order valence-corrected chi connectivity index (χ0v) is 9.54. The molecule has 1 atom stereocenters. The van der Waals surface area contributed by atoms with Gasteiger partial charge in [0.25, 0.3) is 0 Å². The van der Waals surface area contributed by atoms with E-state index in [-0.39, 0.29) is 6.04 Å². The Kier molecular flexibility index (Phi) is 5.65. The van der Waals surface area contributed by atoms with Gasteiger partial charge in [-0.1, -0.05) is 19.8 Å². The van der Waals surface area contributed by atoms with Crippen molar-refractivity contribution < 1.29 is 9.90 Å². The SMILES string of the molecule is CCCCC(C(=O)O)N1CCCNCC1. The standard InChI is InChI=1S/C11H22N2O2/c1-2-3-5-10(11(14)15)13-8-4-6-12-7-9-13/h10,12H,2-9H2,1H3,(H,14,15). The number of rotatable bonds is 5. The third-order valence-corrected chi connectivity index (χ3v) is 2.93. The molecule has 0 amide bonds. The smallest absolute Gasteiger partial charge is 0.320 e. The maximum atomic E-state index is 11.2. The summed E-state index contributed by atoms with van der Waals surface area (Å²) in [7, 11) is 0. The van der Waals surface area contributed by atoms with Crippen molar-refractivity contribution in [3.05, 3.63) is 0 Å². The number of unbranched alkanes of at least 4 members (excludes halogenated alkanes) is 1. The maximum Gasteiger partial charge on any atom is 0.320 e. The number of aliphatic carboxylic acids is 1. The number of carboxylic acid groups (broad SMARTS) is 1. The molecule has 0 aromatic carbocycles. The van der Waals surface area contributed by atoms with Gasteiger partial charge in [0, 0.05) is 19.6 Å². The van der Waals surface area contributed by atoms with Crippen LogP contribution >= 0.6 is 0 Å². The van der Waals surface area contributed by atoms with Crippen LogP contribution in [0, 0.1) is 0 Å². The molecule has 0 radical (unpaired) electrons. The molecule has 1 fully saturated rings. The van der Waals surface area contributed by atoms with Crippen LogP contribution < -0.4 is 5.32 Å². The van der Waals surface area contributed by atoms with Crippen molar-refractivity contribution in [2.24, 2.45) is 0 Å². The van der Waals surface area contributed by atoms with Crippen molar-refractivity contribution in [1.29, 1.82) is 0 Å². The van der Waals surface area contributed by atoms with Crippen molar-refractivity contribution in [3.63, 3.8) is 0 Å². The van der Waals surface area contributed by atoms with E-state index in [4.69, 9.17) is 0 Å². The molecule has 4 heteroatoms. The van der Waals surface area contributed by atoms with Crippen LogP contribution in [0.1, 0.15) is 32.6 Å². The van der Waals surface area contributed by atoms with Crippen LogP contribution in [0.15, 0.2) is 0 Å². The summed E-state index contributed by atoms with van der Waals surface area (Å²) in [4.78, 5) is 13.3.